The molecule has 0 atom stereocenters. The molecule has 0 radical (unpaired) electrons. The van der Waals surface area contributed by atoms with Gasteiger partial charge in [-0.2, -0.15) is 4.98 Å². The molecule has 0 saturated heterocycles. The number of anilines is 1. The number of nitrogens with one attached hydrogen (secondary N) is 2. The lowest BCUT2D eigenvalue weighted by Gasteiger charge is -2.06. The first-order chi connectivity index (χ1) is 11.2. The van der Waals surface area contributed by atoms with Crippen LogP contribution in [0.5, 0.6) is 0 Å². The number of nitrogens with zero attached hydrogens (tertiary/aromatic N) is 3. The fraction of sp³-hybridized carbons (Fsp3) is 0.133. The predicted octanol–water partition coefficient (Wildman–Crippen LogP) is 4.01. The van der Waals surface area contributed by atoms with Gasteiger partial charge in [0.15, 0.2) is 10.6 Å². The van der Waals surface area contributed by atoms with Crippen LogP contribution in [-0.2, 0) is 6.42 Å². The molecule has 3 aromatic heterocycles. The lowest BCUT2D eigenvalue weighted by Crippen LogP contribution is -2.07. The zero-order valence-electron chi connectivity index (χ0n) is 11.8. The van der Waals surface area contributed by atoms with Crippen molar-refractivity contribution in [1.29, 1.82) is 0 Å². The molecule has 0 spiro atoms. The van der Waals surface area contributed by atoms with Crippen molar-refractivity contribution < 1.29 is 4.39 Å². The third-order valence-corrected chi connectivity index (χ3v) is 4.47. The van der Waals surface area contributed by atoms with Crippen LogP contribution in [-0.4, -0.2) is 26.5 Å². The molecular weight excluding hydrogens is 337 g/mol. The molecule has 0 unspecified atom stereocenters. The van der Waals surface area contributed by atoms with E-state index in [0.29, 0.717) is 17.9 Å². The lowest BCUT2D eigenvalue weighted by atomic mass is 10.1. The first-order valence-electron chi connectivity index (χ1n) is 6.97. The van der Waals surface area contributed by atoms with Gasteiger partial charge in [-0.1, -0.05) is 0 Å². The van der Waals surface area contributed by atoms with Crippen LogP contribution < -0.4 is 5.32 Å². The third-order valence-electron chi connectivity index (χ3n) is 3.59. The maximum atomic E-state index is 13.4. The second kappa shape index (κ2) is 5.75. The smallest absolute Gasteiger partial charge is 0.225 e. The summed E-state index contributed by atoms with van der Waals surface area (Å²) < 4.78 is 13.4. The molecule has 0 fully saturated rings. The highest BCUT2D eigenvalue weighted by atomic mass is 35.5. The Balaban J connectivity index is 1.54. The second-order valence-corrected chi connectivity index (χ2v) is 6.20. The van der Waals surface area contributed by atoms with Crippen molar-refractivity contribution in [3.63, 3.8) is 0 Å². The van der Waals surface area contributed by atoms with Gasteiger partial charge in [-0.3, -0.25) is 0 Å². The van der Waals surface area contributed by atoms with Gasteiger partial charge in [-0.05, 0) is 41.8 Å². The van der Waals surface area contributed by atoms with E-state index in [1.807, 2.05) is 6.20 Å². The van der Waals surface area contributed by atoms with E-state index in [4.69, 9.17) is 11.6 Å². The van der Waals surface area contributed by atoms with Crippen molar-refractivity contribution in [2.45, 2.75) is 6.42 Å². The summed E-state index contributed by atoms with van der Waals surface area (Å²) in [4.78, 5) is 16.5. The minimum atomic E-state index is -0.238. The Morgan fingerprint density at radius 2 is 2.22 bits per heavy atom. The van der Waals surface area contributed by atoms with Gasteiger partial charge in [0.1, 0.15) is 11.3 Å². The van der Waals surface area contributed by atoms with Gasteiger partial charge in [-0.15, -0.1) is 11.3 Å². The standard InChI is InChI=1S/C15H11ClFN5S/c16-15-21-13(12-14(22-15)23-7-20-12)18-4-3-8-6-19-11-2-1-9(17)5-10(8)11/h1-2,5-7,19H,3-4H2,(H,18,21,22). The highest BCUT2D eigenvalue weighted by Gasteiger charge is 2.10. The largest absolute Gasteiger partial charge is 0.368 e. The van der Waals surface area contributed by atoms with Crippen LogP contribution in [0.1, 0.15) is 5.56 Å². The monoisotopic (exact) mass is 347 g/mol. The van der Waals surface area contributed by atoms with Gasteiger partial charge in [0.2, 0.25) is 5.28 Å². The molecule has 116 valence electrons. The summed E-state index contributed by atoms with van der Waals surface area (Å²) in [6, 6.07) is 4.73. The van der Waals surface area contributed by atoms with E-state index in [-0.39, 0.29) is 11.1 Å². The number of benzene rings is 1. The van der Waals surface area contributed by atoms with Gasteiger partial charge in [0, 0.05) is 23.6 Å². The highest BCUT2D eigenvalue weighted by Crippen LogP contribution is 2.24. The fourth-order valence-corrected chi connectivity index (χ4v) is 3.41. The molecule has 5 nitrogen and oxygen atoms in total. The van der Waals surface area contributed by atoms with Gasteiger partial charge in [0.25, 0.3) is 0 Å². The maximum absolute atomic E-state index is 13.4. The van der Waals surface area contributed by atoms with E-state index in [1.54, 1.807) is 17.6 Å². The zero-order valence-corrected chi connectivity index (χ0v) is 13.4. The number of H-pyrrole nitrogens is 1. The first-order valence-corrected chi connectivity index (χ1v) is 8.22. The molecule has 23 heavy (non-hydrogen) atoms. The van der Waals surface area contributed by atoms with Crippen LogP contribution in [0.2, 0.25) is 5.28 Å². The normalized spacial score (nSPS) is 11.4. The van der Waals surface area contributed by atoms with Crippen molar-refractivity contribution >= 4 is 50.0 Å². The minimum Gasteiger partial charge on any atom is -0.368 e. The van der Waals surface area contributed by atoms with Crippen LogP contribution in [0.3, 0.4) is 0 Å². The van der Waals surface area contributed by atoms with Gasteiger partial charge < -0.3 is 10.3 Å². The predicted molar refractivity (Wildman–Crippen MR) is 90.7 cm³/mol. The summed E-state index contributed by atoms with van der Waals surface area (Å²) in [6.07, 6.45) is 2.62. The number of hydrogen-bond acceptors (Lipinski definition) is 5. The molecule has 0 amide bonds. The van der Waals surface area contributed by atoms with Crippen molar-refractivity contribution in [1.82, 2.24) is 19.9 Å². The quantitative estimate of drug-likeness (QED) is 0.547. The average Bonchev–Trinajstić information content (AvgIpc) is 3.14. The van der Waals surface area contributed by atoms with Gasteiger partial charge in [-0.25, -0.2) is 14.4 Å². The van der Waals surface area contributed by atoms with E-state index < -0.39 is 0 Å². The summed E-state index contributed by atoms with van der Waals surface area (Å²) in [6.45, 7) is 0.628. The molecule has 4 rings (SSSR count). The second-order valence-electron chi connectivity index (χ2n) is 5.03. The van der Waals surface area contributed by atoms with E-state index in [0.717, 1.165) is 27.7 Å². The summed E-state index contributed by atoms with van der Waals surface area (Å²) in [5, 5.41) is 4.32. The van der Waals surface area contributed by atoms with Crippen LogP contribution in [0.4, 0.5) is 10.2 Å². The molecule has 3 heterocycles. The maximum Gasteiger partial charge on any atom is 0.225 e. The van der Waals surface area contributed by atoms with Crippen molar-refractivity contribution in [3.8, 4) is 0 Å². The number of rotatable bonds is 4. The van der Waals surface area contributed by atoms with Crippen LogP contribution in [0.15, 0.2) is 29.9 Å². The topological polar surface area (TPSA) is 66.5 Å². The Hall–Kier alpha value is -2.25. The van der Waals surface area contributed by atoms with Crippen LogP contribution in [0.25, 0.3) is 21.3 Å². The van der Waals surface area contributed by atoms with E-state index in [9.17, 15) is 4.39 Å². The molecule has 0 aliphatic heterocycles. The average molecular weight is 348 g/mol. The number of aromatic amines is 1. The molecular formula is C15H11ClFN5S. The summed E-state index contributed by atoms with van der Waals surface area (Å²) in [5.41, 5.74) is 4.39. The molecule has 0 aliphatic rings. The molecule has 4 aromatic rings. The van der Waals surface area contributed by atoms with E-state index >= 15 is 0 Å². The molecule has 0 aliphatic carbocycles. The number of thiazole rings is 1. The number of fused-ring (bicyclic) bond motifs is 2. The van der Waals surface area contributed by atoms with Crippen LogP contribution in [0, 0.1) is 5.82 Å². The molecule has 0 bridgehead atoms. The lowest BCUT2D eigenvalue weighted by molar-refractivity contribution is 0.629. The molecule has 1 aromatic carbocycles. The summed E-state index contributed by atoms with van der Waals surface area (Å²) in [7, 11) is 0. The molecule has 0 saturated carbocycles. The van der Waals surface area contributed by atoms with Crippen molar-refractivity contribution in [3.05, 3.63) is 46.6 Å². The summed E-state index contributed by atoms with van der Waals surface area (Å²) in [5.74, 6) is 0.380. The first kappa shape index (κ1) is 14.3. The van der Waals surface area contributed by atoms with E-state index in [2.05, 4.69) is 25.3 Å². The SMILES string of the molecule is Fc1ccc2[nH]cc(CCNc3nc(Cl)nc4scnc34)c2c1. The molecule has 2 N–H and O–H groups in total. The van der Waals surface area contributed by atoms with Crippen molar-refractivity contribution in [2.75, 3.05) is 11.9 Å². The third kappa shape index (κ3) is 2.73. The Bertz CT molecular complexity index is 996. The highest BCUT2D eigenvalue weighted by molar-refractivity contribution is 7.16. The zero-order chi connectivity index (χ0) is 15.8. The Morgan fingerprint density at radius 1 is 1.30 bits per heavy atom. The van der Waals surface area contributed by atoms with Gasteiger partial charge >= 0.3 is 0 Å². The number of halogens is 2. The van der Waals surface area contributed by atoms with E-state index in [1.165, 1.54) is 17.4 Å². The Labute approximate surface area is 139 Å². The molecule has 8 heteroatoms. The number of aromatic nitrogens is 4. The van der Waals surface area contributed by atoms with Crippen molar-refractivity contribution in [2.24, 2.45) is 0 Å². The summed E-state index contributed by atoms with van der Waals surface area (Å²) >= 11 is 7.34. The Kier molecular flexibility index (Phi) is 3.59. The minimum absolute atomic E-state index is 0.193. The fourth-order valence-electron chi connectivity index (χ4n) is 2.53. The van der Waals surface area contributed by atoms with Gasteiger partial charge in [0.05, 0.1) is 5.51 Å². The number of hydrogen-bond donors (Lipinski definition) is 2. The Morgan fingerprint density at radius 3 is 3.13 bits per heavy atom. The van der Waals surface area contributed by atoms with Crippen LogP contribution >= 0.6 is 22.9 Å².